The van der Waals surface area contributed by atoms with Crippen molar-refractivity contribution in [1.29, 1.82) is 0 Å². The van der Waals surface area contributed by atoms with E-state index in [1.54, 1.807) is 25.3 Å². The number of likely N-dealkylation sites (N-methyl/N-ethyl adjacent to an activating group) is 1. The summed E-state index contributed by atoms with van der Waals surface area (Å²) in [5.41, 5.74) is -0.240. The summed E-state index contributed by atoms with van der Waals surface area (Å²) in [6, 6.07) is 7.00. The highest BCUT2D eigenvalue weighted by atomic mass is 79.9. The molecule has 0 atom stereocenters. The third-order valence-corrected chi connectivity index (χ3v) is 3.43. The molecule has 0 spiro atoms. The van der Waals surface area contributed by atoms with Gasteiger partial charge in [0.25, 0.3) is 5.91 Å². The second-order valence-electron chi connectivity index (χ2n) is 4.39. The summed E-state index contributed by atoms with van der Waals surface area (Å²) in [5, 5.41) is 0. The highest BCUT2D eigenvalue weighted by Gasteiger charge is 2.13. The van der Waals surface area contributed by atoms with E-state index in [1.807, 2.05) is 0 Å². The summed E-state index contributed by atoms with van der Waals surface area (Å²) in [4.78, 5) is 17.7. The molecule has 3 nitrogen and oxygen atoms in total. The van der Waals surface area contributed by atoms with Crippen LogP contribution in [-0.2, 0) is 4.79 Å². The van der Waals surface area contributed by atoms with Gasteiger partial charge in [-0.25, -0.2) is 13.8 Å². The minimum atomic E-state index is -0.714. The van der Waals surface area contributed by atoms with Gasteiger partial charge in [0.2, 0.25) is 0 Å². The van der Waals surface area contributed by atoms with E-state index in [1.165, 1.54) is 11.0 Å². The van der Waals surface area contributed by atoms with E-state index in [0.29, 0.717) is 12.4 Å². The number of nitrogens with zero attached hydrogens (tertiary/aromatic N) is 2. The number of carbonyl (C=O) groups excluding carboxylic acids is 1. The first-order chi connectivity index (χ1) is 10.5. The van der Waals surface area contributed by atoms with Crippen LogP contribution in [0.2, 0.25) is 0 Å². The van der Waals surface area contributed by atoms with Gasteiger partial charge in [-0.15, -0.1) is 0 Å². The molecule has 0 N–H and O–H groups in total. The predicted octanol–water partition coefficient (Wildman–Crippen LogP) is 4.19. The lowest BCUT2D eigenvalue weighted by Crippen LogP contribution is -2.29. The number of benzene rings is 1. The van der Waals surface area contributed by atoms with E-state index >= 15 is 0 Å². The lowest BCUT2D eigenvalue weighted by molar-refractivity contribution is -0.114. The monoisotopic (exact) mass is 366 g/mol. The van der Waals surface area contributed by atoms with Crippen molar-refractivity contribution < 1.29 is 13.6 Å². The van der Waals surface area contributed by atoms with Gasteiger partial charge in [-0.1, -0.05) is 6.07 Å². The summed E-state index contributed by atoms with van der Waals surface area (Å²) < 4.78 is 27.8. The minimum absolute atomic E-state index is 0.240. The molecule has 1 amide bonds. The Labute approximate surface area is 135 Å². The van der Waals surface area contributed by atoms with E-state index in [4.69, 9.17) is 0 Å². The lowest BCUT2D eigenvalue weighted by atomic mass is 10.2. The first-order valence-electron chi connectivity index (χ1n) is 6.58. The smallest absolute Gasteiger partial charge is 0.252 e. The van der Waals surface area contributed by atoms with E-state index in [9.17, 15) is 13.6 Å². The van der Waals surface area contributed by atoms with Crippen LogP contribution < -0.4 is 4.90 Å². The molecule has 1 aromatic carbocycles. The fourth-order valence-corrected chi connectivity index (χ4v) is 2.11. The van der Waals surface area contributed by atoms with Crippen molar-refractivity contribution in [3.05, 3.63) is 64.3 Å². The van der Waals surface area contributed by atoms with Crippen LogP contribution in [0.15, 0.2) is 47.1 Å². The maximum absolute atomic E-state index is 13.5. The van der Waals surface area contributed by atoms with Crippen LogP contribution in [0.1, 0.15) is 12.5 Å². The van der Waals surface area contributed by atoms with Gasteiger partial charge in [-0.3, -0.25) is 9.69 Å². The molecule has 2 aromatic rings. The second kappa shape index (κ2) is 7.26. The van der Waals surface area contributed by atoms with Gasteiger partial charge in [0.1, 0.15) is 17.5 Å². The van der Waals surface area contributed by atoms with Gasteiger partial charge in [-0.05, 0) is 53.2 Å². The molecule has 0 fully saturated rings. The van der Waals surface area contributed by atoms with Crippen LogP contribution in [0.25, 0.3) is 6.08 Å². The van der Waals surface area contributed by atoms with Gasteiger partial charge in [0, 0.05) is 28.9 Å². The average molecular weight is 367 g/mol. The standard InChI is InChI=1S/C16H13BrF2N2O/c1-2-21(15-8-6-11(17)10-20-15)16(22)9-7-12-13(18)4-3-5-14(12)19/h3-10H,2H2,1H3/b9-7+. The van der Waals surface area contributed by atoms with Crippen LogP contribution in [0.4, 0.5) is 14.6 Å². The van der Waals surface area contributed by atoms with Crippen molar-refractivity contribution in [2.45, 2.75) is 6.92 Å². The normalized spacial score (nSPS) is 10.9. The Balaban J connectivity index is 2.22. The van der Waals surface area contributed by atoms with Crippen LogP contribution in [0.3, 0.4) is 0 Å². The number of rotatable bonds is 4. The van der Waals surface area contributed by atoms with Crippen LogP contribution in [0, 0.1) is 11.6 Å². The SMILES string of the molecule is CCN(C(=O)/C=C/c1c(F)cccc1F)c1ccc(Br)cn1. The topological polar surface area (TPSA) is 33.2 Å². The van der Waals surface area contributed by atoms with E-state index < -0.39 is 17.5 Å². The number of anilines is 1. The Morgan fingerprint density at radius 3 is 2.50 bits per heavy atom. The molecule has 22 heavy (non-hydrogen) atoms. The highest BCUT2D eigenvalue weighted by molar-refractivity contribution is 9.10. The summed E-state index contributed by atoms with van der Waals surface area (Å²) >= 11 is 3.27. The Morgan fingerprint density at radius 2 is 1.95 bits per heavy atom. The molecule has 0 bridgehead atoms. The van der Waals surface area contributed by atoms with Gasteiger partial charge < -0.3 is 0 Å². The molecule has 1 heterocycles. The molecular formula is C16H13BrF2N2O. The van der Waals surface area contributed by atoms with Gasteiger partial charge in [0.15, 0.2) is 0 Å². The zero-order valence-corrected chi connectivity index (χ0v) is 13.3. The first-order valence-corrected chi connectivity index (χ1v) is 7.37. The fourth-order valence-electron chi connectivity index (χ4n) is 1.87. The maximum Gasteiger partial charge on any atom is 0.252 e. The Bertz CT molecular complexity index is 682. The van der Waals surface area contributed by atoms with Crippen LogP contribution in [0.5, 0.6) is 0 Å². The third-order valence-electron chi connectivity index (χ3n) is 2.96. The number of halogens is 3. The molecule has 114 valence electrons. The number of hydrogen-bond donors (Lipinski definition) is 0. The first kappa shape index (κ1) is 16.3. The van der Waals surface area contributed by atoms with E-state index in [0.717, 1.165) is 28.8 Å². The number of carbonyl (C=O) groups is 1. The molecule has 6 heteroatoms. The largest absolute Gasteiger partial charge is 0.294 e. The molecule has 0 aliphatic heterocycles. The van der Waals surface area contributed by atoms with Gasteiger partial charge in [-0.2, -0.15) is 0 Å². The van der Waals surface area contributed by atoms with Crippen LogP contribution in [-0.4, -0.2) is 17.4 Å². The van der Waals surface area contributed by atoms with Crippen molar-refractivity contribution in [3.63, 3.8) is 0 Å². The van der Waals surface area contributed by atoms with E-state index in [-0.39, 0.29) is 5.56 Å². The quantitative estimate of drug-likeness (QED) is 0.760. The number of amides is 1. The molecule has 0 saturated heterocycles. The Kier molecular flexibility index (Phi) is 5.38. The highest BCUT2D eigenvalue weighted by Crippen LogP contribution is 2.17. The molecule has 0 aliphatic rings. The molecule has 2 rings (SSSR count). The average Bonchev–Trinajstić information content (AvgIpc) is 2.49. The van der Waals surface area contributed by atoms with Crippen LogP contribution >= 0.6 is 15.9 Å². The fraction of sp³-hybridized carbons (Fsp3) is 0.125. The van der Waals surface area contributed by atoms with Crippen molar-refractivity contribution in [2.24, 2.45) is 0 Å². The summed E-state index contributed by atoms with van der Waals surface area (Å²) in [6.45, 7) is 2.18. The van der Waals surface area contributed by atoms with E-state index in [2.05, 4.69) is 20.9 Å². The number of aromatic nitrogens is 1. The molecule has 0 radical (unpaired) electrons. The predicted molar refractivity (Wildman–Crippen MR) is 85.4 cm³/mol. The molecule has 0 saturated carbocycles. The number of pyridine rings is 1. The summed E-state index contributed by atoms with van der Waals surface area (Å²) in [5.74, 6) is -1.36. The molecule has 0 aliphatic carbocycles. The van der Waals surface area contributed by atoms with Crippen molar-refractivity contribution in [2.75, 3.05) is 11.4 Å². The molecule has 1 aromatic heterocycles. The van der Waals surface area contributed by atoms with Gasteiger partial charge in [0.05, 0.1) is 0 Å². The van der Waals surface area contributed by atoms with Crippen molar-refractivity contribution >= 4 is 33.7 Å². The molecular weight excluding hydrogens is 354 g/mol. The third kappa shape index (κ3) is 3.76. The summed E-state index contributed by atoms with van der Waals surface area (Å²) in [7, 11) is 0. The number of hydrogen-bond acceptors (Lipinski definition) is 2. The van der Waals surface area contributed by atoms with Crippen molar-refractivity contribution in [1.82, 2.24) is 4.98 Å². The second-order valence-corrected chi connectivity index (χ2v) is 5.30. The van der Waals surface area contributed by atoms with Crippen molar-refractivity contribution in [3.8, 4) is 0 Å². The Morgan fingerprint density at radius 1 is 1.27 bits per heavy atom. The lowest BCUT2D eigenvalue weighted by Gasteiger charge is -2.17. The summed E-state index contributed by atoms with van der Waals surface area (Å²) in [6.07, 6.45) is 3.84. The maximum atomic E-state index is 13.5. The zero-order valence-electron chi connectivity index (χ0n) is 11.8. The van der Waals surface area contributed by atoms with Gasteiger partial charge >= 0.3 is 0 Å². The molecule has 0 unspecified atom stereocenters. The Hall–Kier alpha value is -2.08. The zero-order chi connectivity index (χ0) is 16.1. The minimum Gasteiger partial charge on any atom is -0.294 e.